The molecule has 0 radical (unpaired) electrons. The number of nitrogens with one attached hydrogen (secondary N) is 2. The van der Waals surface area contributed by atoms with E-state index >= 15 is 0 Å². The zero-order valence-corrected chi connectivity index (χ0v) is 18.6. The van der Waals surface area contributed by atoms with Crippen LogP contribution in [0.25, 0.3) is 11.1 Å². The van der Waals surface area contributed by atoms with E-state index in [1.165, 1.54) is 0 Å². The highest BCUT2D eigenvalue weighted by Gasteiger charge is 2.35. The van der Waals surface area contributed by atoms with Crippen LogP contribution < -0.4 is 26.0 Å². The predicted octanol–water partition coefficient (Wildman–Crippen LogP) is 3.64. The smallest absolute Gasteiger partial charge is 0.268 e. The summed E-state index contributed by atoms with van der Waals surface area (Å²) in [4.78, 5) is 23.9. The van der Waals surface area contributed by atoms with Crippen LogP contribution in [-0.2, 0) is 4.79 Å². The molecule has 0 atom stereocenters. The molecule has 9 nitrogen and oxygen atoms in total. The fourth-order valence-electron chi connectivity index (χ4n) is 4.10. The summed E-state index contributed by atoms with van der Waals surface area (Å²) in [6.45, 7) is 8.12. The second-order valence-corrected chi connectivity index (χ2v) is 9.41. The van der Waals surface area contributed by atoms with E-state index < -0.39 is 5.60 Å². The van der Waals surface area contributed by atoms with Crippen molar-refractivity contribution < 1.29 is 13.9 Å². The summed E-state index contributed by atoms with van der Waals surface area (Å²) in [7, 11) is 0. The number of hydrogen-bond acceptors (Lipinski definition) is 8. The highest BCUT2D eigenvalue weighted by molar-refractivity contribution is 6.00. The van der Waals surface area contributed by atoms with Gasteiger partial charge in [0.15, 0.2) is 17.0 Å². The lowest BCUT2D eigenvalue weighted by atomic mass is 9.80. The molecule has 2 aliphatic rings. The number of carbonyl (C=O) groups excluding carboxylic acids is 1. The maximum Gasteiger partial charge on any atom is 0.268 e. The molecule has 3 aromatic rings. The molecule has 1 aromatic carbocycles. The number of nitrogens with zero attached hydrogens (tertiary/aromatic N) is 3. The maximum atomic E-state index is 12.2. The predicted molar refractivity (Wildman–Crippen MR) is 123 cm³/mol. The van der Waals surface area contributed by atoms with E-state index in [9.17, 15) is 4.79 Å². The second kappa shape index (κ2) is 7.37. The number of carbonyl (C=O) groups is 1. The third kappa shape index (κ3) is 3.62. The van der Waals surface area contributed by atoms with Crippen LogP contribution >= 0.6 is 0 Å². The van der Waals surface area contributed by atoms with Gasteiger partial charge in [-0.25, -0.2) is 4.98 Å². The zero-order chi connectivity index (χ0) is 22.5. The van der Waals surface area contributed by atoms with Gasteiger partial charge in [0.05, 0.1) is 12.0 Å². The molecule has 1 fully saturated rings. The molecule has 32 heavy (non-hydrogen) atoms. The molecular formula is C23H28N6O3. The summed E-state index contributed by atoms with van der Waals surface area (Å²) in [5, 5.41) is 6.16. The van der Waals surface area contributed by atoms with Crippen LogP contribution in [0.4, 0.5) is 23.1 Å². The number of furan rings is 1. The molecule has 0 unspecified atom stereocenters. The van der Waals surface area contributed by atoms with E-state index in [-0.39, 0.29) is 11.3 Å². The number of ether oxygens (including phenoxy) is 1. The quantitative estimate of drug-likeness (QED) is 0.567. The van der Waals surface area contributed by atoms with Crippen LogP contribution in [0.3, 0.4) is 0 Å². The van der Waals surface area contributed by atoms with E-state index in [0.29, 0.717) is 29.5 Å². The number of nitrogens with two attached hydrogens (primary N) is 1. The first-order chi connectivity index (χ1) is 15.3. The Hall–Kier alpha value is -3.33. The minimum atomic E-state index is -0.902. The molecule has 1 saturated heterocycles. The third-order valence-corrected chi connectivity index (χ3v) is 6.44. The Bertz CT molecular complexity index is 1180. The normalized spacial score (nSPS) is 19.2. The van der Waals surface area contributed by atoms with Crippen LogP contribution in [0.5, 0.6) is 5.75 Å². The van der Waals surface area contributed by atoms with Crippen LogP contribution in [0.15, 0.2) is 34.9 Å². The van der Waals surface area contributed by atoms with Crippen LogP contribution in [-0.4, -0.2) is 41.1 Å². The number of fused-ring (bicyclic) bond motifs is 2. The summed E-state index contributed by atoms with van der Waals surface area (Å²) >= 11 is 0. The van der Waals surface area contributed by atoms with Gasteiger partial charge in [-0.15, -0.1) is 0 Å². The van der Waals surface area contributed by atoms with E-state index in [2.05, 4.69) is 27.4 Å². The Balaban J connectivity index is 1.43. The zero-order valence-electron chi connectivity index (χ0n) is 18.6. The van der Waals surface area contributed by atoms with Crippen molar-refractivity contribution in [1.29, 1.82) is 0 Å². The molecule has 0 bridgehead atoms. The fourth-order valence-corrected chi connectivity index (χ4v) is 4.10. The fraction of sp³-hybridized carbons (Fsp3) is 0.435. The summed E-state index contributed by atoms with van der Waals surface area (Å²) < 4.78 is 11.5. The molecule has 9 heteroatoms. The number of piperidine rings is 1. The third-order valence-electron chi connectivity index (χ3n) is 6.44. The number of amides is 1. The van der Waals surface area contributed by atoms with Gasteiger partial charge in [-0.2, -0.15) is 4.98 Å². The molecule has 4 heterocycles. The number of hydrogen-bond donors (Lipinski definition) is 3. The molecule has 0 saturated carbocycles. The van der Waals surface area contributed by atoms with E-state index in [1.54, 1.807) is 20.1 Å². The molecule has 1 amide bonds. The first-order valence-electron chi connectivity index (χ1n) is 10.9. The number of rotatable bonds is 4. The lowest BCUT2D eigenvalue weighted by Crippen LogP contribution is -2.45. The van der Waals surface area contributed by atoms with Gasteiger partial charge in [0.25, 0.3) is 5.91 Å². The molecule has 2 aromatic heterocycles. The summed E-state index contributed by atoms with van der Waals surface area (Å²) in [6, 6.07) is 7.36. The average molecular weight is 437 g/mol. The standard InChI is InChI=1S/C23H28N6O3/c1-22(2)20(30)26-16-12-14(4-5-17(16)32-22)25-21-27-15-6-11-31-18(15)19(28-21)29-9-7-23(3,13-24)8-10-29/h4-6,11-12H,7-10,13,24H2,1-3H3,(H,26,30)(H,25,27,28). The SMILES string of the molecule is CC1(CN)CCN(c2nc(Nc3ccc4c(c3)NC(=O)C(C)(C)O4)nc3ccoc23)CC1. The van der Waals surface area contributed by atoms with Gasteiger partial charge in [0.1, 0.15) is 11.3 Å². The van der Waals surface area contributed by atoms with Gasteiger partial charge in [0, 0.05) is 24.8 Å². The molecule has 2 aliphatic heterocycles. The van der Waals surface area contributed by atoms with Crippen LogP contribution in [0.1, 0.15) is 33.6 Å². The van der Waals surface area contributed by atoms with Crippen molar-refractivity contribution in [3.8, 4) is 5.75 Å². The Kier molecular flexibility index (Phi) is 4.74. The van der Waals surface area contributed by atoms with Crippen molar-refractivity contribution in [2.45, 2.75) is 39.2 Å². The first kappa shape index (κ1) is 20.6. The lowest BCUT2D eigenvalue weighted by molar-refractivity contribution is -0.129. The van der Waals surface area contributed by atoms with Gasteiger partial charge in [0.2, 0.25) is 5.95 Å². The van der Waals surface area contributed by atoms with Crippen molar-refractivity contribution >= 4 is 40.1 Å². The van der Waals surface area contributed by atoms with Crippen LogP contribution in [0.2, 0.25) is 0 Å². The van der Waals surface area contributed by atoms with Crippen LogP contribution in [0, 0.1) is 5.41 Å². The summed E-state index contributed by atoms with van der Waals surface area (Å²) in [5.74, 6) is 1.68. The van der Waals surface area contributed by atoms with E-state index in [4.69, 9.17) is 19.9 Å². The molecule has 0 spiro atoms. The maximum absolute atomic E-state index is 12.2. The summed E-state index contributed by atoms with van der Waals surface area (Å²) in [6.07, 6.45) is 3.63. The largest absolute Gasteiger partial charge is 0.476 e. The molecule has 0 aliphatic carbocycles. The molecule has 5 rings (SSSR count). The van der Waals surface area contributed by atoms with Crippen molar-refractivity contribution in [1.82, 2.24) is 9.97 Å². The number of aromatic nitrogens is 2. The Morgan fingerprint density at radius 2 is 1.97 bits per heavy atom. The Morgan fingerprint density at radius 3 is 2.72 bits per heavy atom. The number of anilines is 4. The van der Waals surface area contributed by atoms with Gasteiger partial charge in [-0.05, 0) is 56.8 Å². The minimum Gasteiger partial charge on any atom is -0.476 e. The topological polar surface area (TPSA) is 119 Å². The molecule has 168 valence electrons. The van der Waals surface area contributed by atoms with Gasteiger partial charge >= 0.3 is 0 Å². The Morgan fingerprint density at radius 1 is 1.19 bits per heavy atom. The molecule has 4 N–H and O–H groups in total. The highest BCUT2D eigenvalue weighted by Crippen LogP contribution is 2.37. The van der Waals surface area contributed by atoms with Gasteiger partial charge in [-0.1, -0.05) is 6.92 Å². The van der Waals surface area contributed by atoms with Crippen molar-refractivity contribution in [3.05, 3.63) is 30.5 Å². The summed E-state index contributed by atoms with van der Waals surface area (Å²) in [5.41, 5.74) is 8.01. The first-order valence-corrected chi connectivity index (χ1v) is 10.9. The van der Waals surface area contributed by atoms with Crippen molar-refractivity contribution in [2.75, 3.05) is 35.2 Å². The Labute approximate surface area is 186 Å². The van der Waals surface area contributed by atoms with Crippen molar-refractivity contribution in [2.24, 2.45) is 11.1 Å². The van der Waals surface area contributed by atoms with E-state index in [0.717, 1.165) is 43.0 Å². The second-order valence-electron chi connectivity index (χ2n) is 9.41. The van der Waals surface area contributed by atoms with Gasteiger partial charge < -0.3 is 30.4 Å². The molecular weight excluding hydrogens is 408 g/mol. The van der Waals surface area contributed by atoms with E-state index in [1.807, 2.05) is 24.3 Å². The number of benzene rings is 1. The average Bonchev–Trinajstić information content (AvgIpc) is 3.23. The highest BCUT2D eigenvalue weighted by atomic mass is 16.5. The van der Waals surface area contributed by atoms with Gasteiger partial charge in [-0.3, -0.25) is 4.79 Å². The monoisotopic (exact) mass is 436 g/mol. The minimum absolute atomic E-state index is 0.164. The lowest BCUT2D eigenvalue weighted by Gasteiger charge is -2.39. The van der Waals surface area contributed by atoms with Crippen molar-refractivity contribution in [3.63, 3.8) is 0 Å².